The maximum Gasteiger partial charge on any atom is 0.209 e. The zero-order valence-corrected chi connectivity index (χ0v) is 12.9. The molecule has 0 radical (unpaired) electrons. The molecule has 0 aliphatic heterocycles. The minimum atomic E-state index is -0.110. The van der Waals surface area contributed by atoms with E-state index in [1.165, 1.54) is 0 Å². The molecule has 20 heavy (non-hydrogen) atoms. The van der Waals surface area contributed by atoms with Crippen molar-refractivity contribution in [2.24, 2.45) is 0 Å². The molecule has 0 unspecified atom stereocenters. The van der Waals surface area contributed by atoms with Gasteiger partial charge in [0.25, 0.3) is 0 Å². The van der Waals surface area contributed by atoms with E-state index < -0.39 is 0 Å². The number of nitrogens with zero attached hydrogens (tertiary/aromatic N) is 3. The fraction of sp³-hybridized carbons (Fsp3) is 0.429. The number of benzene rings is 1. The van der Waals surface area contributed by atoms with Gasteiger partial charge in [0.2, 0.25) is 5.16 Å². The molecule has 2 aromatic rings. The maximum atomic E-state index is 6.01. The Bertz CT molecular complexity index is 548. The SMILES string of the molecule is CC(C)(C)c1nnc(SCCOc2ccccc2)n1N. The van der Waals surface area contributed by atoms with Crippen LogP contribution in [0.25, 0.3) is 0 Å². The Labute approximate surface area is 123 Å². The molecule has 2 N–H and O–H groups in total. The first-order chi connectivity index (χ1) is 9.48. The van der Waals surface area contributed by atoms with Crippen LogP contribution < -0.4 is 10.6 Å². The molecule has 0 amide bonds. The van der Waals surface area contributed by atoms with Crippen molar-refractivity contribution in [1.29, 1.82) is 0 Å². The van der Waals surface area contributed by atoms with Gasteiger partial charge in [-0.2, -0.15) is 0 Å². The summed E-state index contributed by atoms with van der Waals surface area (Å²) < 4.78 is 7.19. The Balaban J connectivity index is 1.85. The summed E-state index contributed by atoms with van der Waals surface area (Å²) in [7, 11) is 0. The van der Waals surface area contributed by atoms with Crippen LogP contribution in [0, 0.1) is 0 Å². The largest absolute Gasteiger partial charge is 0.493 e. The minimum Gasteiger partial charge on any atom is -0.493 e. The number of ether oxygens (including phenoxy) is 1. The molecule has 1 heterocycles. The molecule has 5 nitrogen and oxygen atoms in total. The molecule has 0 bridgehead atoms. The lowest BCUT2D eigenvalue weighted by Gasteiger charge is -2.16. The second-order valence-electron chi connectivity index (χ2n) is 5.44. The van der Waals surface area contributed by atoms with Crippen molar-refractivity contribution in [1.82, 2.24) is 14.9 Å². The Morgan fingerprint density at radius 3 is 2.50 bits per heavy atom. The van der Waals surface area contributed by atoms with Gasteiger partial charge < -0.3 is 10.6 Å². The Kier molecular flexibility index (Phi) is 4.54. The van der Waals surface area contributed by atoms with E-state index in [0.717, 1.165) is 17.3 Å². The highest BCUT2D eigenvalue weighted by Gasteiger charge is 2.22. The van der Waals surface area contributed by atoms with Crippen molar-refractivity contribution in [2.45, 2.75) is 31.3 Å². The normalized spacial score (nSPS) is 11.6. The van der Waals surface area contributed by atoms with Crippen LogP contribution in [0.15, 0.2) is 35.5 Å². The molecular formula is C14H20N4OS. The van der Waals surface area contributed by atoms with E-state index in [2.05, 4.69) is 31.0 Å². The number of nitrogens with two attached hydrogens (primary N) is 1. The lowest BCUT2D eigenvalue weighted by molar-refractivity contribution is 0.344. The van der Waals surface area contributed by atoms with Gasteiger partial charge in [0.1, 0.15) is 5.75 Å². The van der Waals surface area contributed by atoms with Gasteiger partial charge in [-0.1, -0.05) is 50.7 Å². The number of hydrogen-bond donors (Lipinski definition) is 1. The number of aromatic nitrogens is 3. The highest BCUT2D eigenvalue weighted by Crippen LogP contribution is 2.23. The quantitative estimate of drug-likeness (QED) is 0.521. The van der Waals surface area contributed by atoms with Gasteiger partial charge in [-0.25, -0.2) is 4.68 Å². The van der Waals surface area contributed by atoms with Crippen molar-refractivity contribution in [3.05, 3.63) is 36.2 Å². The highest BCUT2D eigenvalue weighted by molar-refractivity contribution is 7.99. The summed E-state index contributed by atoms with van der Waals surface area (Å²) in [6.07, 6.45) is 0. The first-order valence-electron chi connectivity index (χ1n) is 6.50. The van der Waals surface area contributed by atoms with Crippen LogP contribution in [0.1, 0.15) is 26.6 Å². The predicted molar refractivity (Wildman–Crippen MR) is 81.5 cm³/mol. The van der Waals surface area contributed by atoms with Crippen LogP contribution >= 0.6 is 11.8 Å². The summed E-state index contributed by atoms with van der Waals surface area (Å²) in [6.45, 7) is 6.79. The number of rotatable bonds is 5. The van der Waals surface area contributed by atoms with Crippen LogP contribution in [-0.4, -0.2) is 27.2 Å². The fourth-order valence-electron chi connectivity index (χ4n) is 1.70. The predicted octanol–water partition coefficient (Wildman–Crippen LogP) is 2.46. The van der Waals surface area contributed by atoms with E-state index in [4.69, 9.17) is 10.6 Å². The van der Waals surface area contributed by atoms with Crippen LogP contribution in [0.2, 0.25) is 0 Å². The summed E-state index contributed by atoms with van der Waals surface area (Å²) in [5.74, 6) is 8.44. The molecule has 1 aromatic carbocycles. The minimum absolute atomic E-state index is 0.110. The zero-order chi connectivity index (χ0) is 14.6. The van der Waals surface area contributed by atoms with E-state index in [-0.39, 0.29) is 5.41 Å². The van der Waals surface area contributed by atoms with Crippen molar-refractivity contribution in [3.63, 3.8) is 0 Å². The van der Waals surface area contributed by atoms with Crippen LogP contribution in [0.3, 0.4) is 0 Å². The van der Waals surface area contributed by atoms with Crippen molar-refractivity contribution in [3.8, 4) is 5.75 Å². The second-order valence-corrected chi connectivity index (χ2v) is 6.50. The Hall–Kier alpha value is -1.69. The zero-order valence-electron chi connectivity index (χ0n) is 12.0. The smallest absolute Gasteiger partial charge is 0.209 e. The molecule has 0 aliphatic rings. The first-order valence-corrected chi connectivity index (χ1v) is 7.48. The standard InChI is InChI=1S/C14H20N4OS/c1-14(2,3)12-16-17-13(18(12)15)20-10-9-19-11-7-5-4-6-8-11/h4-8H,9-10,15H2,1-3H3. The molecule has 0 atom stereocenters. The third kappa shape index (κ3) is 3.66. The van der Waals surface area contributed by atoms with E-state index >= 15 is 0 Å². The van der Waals surface area contributed by atoms with E-state index in [1.807, 2.05) is 30.3 Å². The number of nitrogen functional groups attached to an aromatic ring is 1. The van der Waals surface area contributed by atoms with Crippen molar-refractivity contribution < 1.29 is 4.74 Å². The number of hydrogen-bond acceptors (Lipinski definition) is 5. The molecule has 0 saturated carbocycles. The van der Waals surface area contributed by atoms with E-state index in [1.54, 1.807) is 16.4 Å². The van der Waals surface area contributed by atoms with Gasteiger partial charge in [-0.05, 0) is 12.1 Å². The van der Waals surface area contributed by atoms with Gasteiger partial charge in [0.05, 0.1) is 6.61 Å². The molecule has 0 spiro atoms. The fourth-order valence-corrected chi connectivity index (χ4v) is 2.37. The van der Waals surface area contributed by atoms with Gasteiger partial charge in [0.15, 0.2) is 5.82 Å². The maximum absolute atomic E-state index is 6.01. The van der Waals surface area contributed by atoms with Gasteiger partial charge >= 0.3 is 0 Å². The summed E-state index contributed by atoms with van der Waals surface area (Å²) in [5.41, 5.74) is -0.110. The third-order valence-electron chi connectivity index (χ3n) is 2.66. The molecule has 0 fully saturated rings. The molecule has 108 valence electrons. The van der Waals surface area contributed by atoms with E-state index in [0.29, 0.717) is 11.8 Å². The molecule has 1 aromatic heterocycles. The Morgan fingerprint density at radius 1 is 1.20 bits per heavy atom. The van der Waals surface area contributed by atoms with Crippen molar-refractivity contribution in [2.75, 3.05) is 18.2 Å². The third-order valence-corrected chi connectivity index (χ3v) is 3.57. The van der Waals surface area contributed by atoms with Gasteiger partial charge in [-0.3, -0.25) is 0 Å². The highest BCUT2D eigenvalue weighted by atomic mass is 32.2. The van der Waals surface area contributed by atoms with Gasteiger partial charge in [0, 0.05) is 11.2 Å². The summed E-state index contributed by atoms with van der Waals surface area (Å²) in [4.78, 5) is 0. The summed E-state index contributed by atoms with van der Waals surface area (Å²) >= 11 is 1.54. The second kappa shape index (κ2) is 6.17. The lowest BCUT2D eigenvalue weighted by Crippen LogP contribution is -2.24. The average Bonchev–Trinajstić information content (AvgIpc) is 2.77. The molecule has 6 heteroatoms. The lowest BCUT2D eigenvalue weighted by atomic mass is 9.96. The molecular weight excluding hydrogens is 272 g/mol. The van der Waals surface area contributed by atoms with Crippen LogP contribution in [0.4, 0.5) is 0 Å². The Morgan fingerprint density at radius 2 is 1.90 bits per heavy atom. The van der Waals surface area contributed by atoms with E-state index in [9.17, 15) is 0 Å². The first kappa shape index (κ1) is 14.7. The summed E-state index contributed by atoms with van der Waals surface area (Å²) in [6, 6.07) is 9.75. The number of para-hydroxylation sites is 1. The monoisotopic (exact) mass is 292 g/mol. The van der Waals surface area contributed by atoms with Crippen LogP contribution in [0.5, 0.6) is 5.75 Å². The van der Waals surface area contributed by atoms with Crippen LogP contribution in [-0.2, 0) is 5.41 Å². The van der Waals surface area contributed by atoms with Gasteiger partial charge in [-0.15, -0.1) is 10.2 Å². The average molecular weight is 292 g/mol. The summed E-state index contributed by atoms with van der Waals surface area (Å²) in [5, 5.41) is 8.99. The molecule has 0 aliphatic carbocycles. The molecule has 2 rings (SSSR count). The molecule has 0 saturated heterocycles. The van der Waals surface area contributed by atoms with Crippen molar-refractivity contribution >= 4 is 11.8 Å². The topological polar surface area (TPSA) is 66.0 Å². The number of thioether (sulfide) groups is 1.